The molecule has 3 unspecified atom stereocenters. The lowest BCUT2D eigenvalue weighted by Crippen LogP contribution is -2.44. The molecule has 0 aliphatic heterocycles. The molecular formula is C14H23NO2S. The smallest absolute Gasteiger partial charge is 0.101 e. The van der Waals surface area contributed by atoms with Crippen molar-refractivity contribution in [2.24, 2.45) is 5.92 Å². The third kappa shape index (κ3) is 3.79. The maximum absolute atomic E-state index is 10.4. The predicted octanol–water partition coefficient (Wildman–Crippen LogP) is 2.31. The first-order valence-corrected chi connectivity index (χ1v) is 7.62. The number of nitrogens with one attached hydrogen (secondary N) is 1. The second-order valence-electron chi connectivity index (χ2n) is 5.59. The van der Waals surface area contributed by atoms with E-state index in [0.29, 0.717) is 19.0 Å². The van der Waals surface area contributed by atoms with Crippen LogP contribution in [0.1, 0.15) is 43.6 Å². The van der Waals surface area contributed by atoms with Crippen molar-refractivity contribution in [2.45, 2.75) is 44.3 Å². The number of hydrogen-bond donors (Lipinski definition) is 3. The van der Waals surface area contributed by atoms with Gasteiger partial charge in [0.05, 0.1) is 5.60 Å². The van der Waals surface area contributed by atoms with Crippen LogP contribution in [-0.2, 0) is 0 Å². The molecule has 1 heterocycles. The molecule has 0 bridgehead atoms. The van der Waals surface area contributed by atoms with Crippen molar-refractivity contribution in [3.8, 4) is 0 Å². The topological polar surface area (TPSA) is 52.5 Å². The molecule has 3 atom stereocenters. The van der Waals surface area contributed by atoms with E-state index in [1.807, 2.05) is 17.5 Å². The Morgan fingerprint density at radius 3 is 3.11 bits per heavy atom. The number of hydrogen-bond acceptors (Lipinski definition) is 4. The Labute approximate surface area is 113 Å². The molecule has 4 heteroatoms. The van der Waals surface area contributed by atoms with Gasteiger partial charge in [-0.25, -0.2) is 0 Å². The minimum absolute atomic E-state index is 0.463. The fourth-order valence-electron chi connectivity index (χ4n) is 2.82. The average molecular weight is 269 g/mol. The van der Waals surface area contributed by atoms with Gasteiger partial charge >= 0.3 is 0 Å². The van der Waals surface area contributed by atoms with Crippen molar-refractivity contribution in [3.63, 3.8) is 0 Å². The van der Waals surface area contributed by atoms with Gasteiger partial charge in [0.15, 0.2) is 0 Å². The van der Waals surface area contributed by atoms with Crippen molar-refractivity contribution >= 4 is 11.3 Å². The van der Waals surface area contributed by atoms with E-state index in [1.165, 1.54) is 6.42 Å². The quantitative estimate of drug-likeness (QED) is 0.769. The zero-order valence-corrected chi connectivity index (χ0v) is 11.7. The molecule has 1 fully saturated rings. The number of rotatable bonds is 5. The monoisotopic (exact) mass is 269 g/mol. The molecule has 102 valence electrons. The second-order valence-corrected chi connectivity index (χ2v) is 6.57. The predicted molar refractivity (Wildman–Crippen MR) is 74.7 cm³/mol. The van der Waals surface area contributed by atoms with Crippen LogP contribution in [0.25, 0.3) is 0 Å². The van der Waals surface area contributed by atoms with Gasteiger partial charge in [-0.1, -0.05) is 25.8 Å². The minimum Gasteiger partial charge on any atom is -0.389 e. The fourth-order valence-corrected chi connectivity index (χ4v) is 3.53. The molecule has 3 N–H and O–H groups in total. The molecule has 0 radical (unpaired) electrons. The zero-order valence-electron chi connectivity index (χ0n) is 10.9. The first-order valence-electron chi connectivity index (χ1n) is 6.74. The van der Waals surface area contributed by atoms with Gasteiger partial charge in [-0.15, -0.1) is 11.3 Å². The van der Waals surface area contributed by atoms with E-state index < -0.39 is 11.7 Å². The van der Waals surface area contributed by atoms with Gasteiger partial charge in [0.25, 0.3) is 0 Å². The summed E-state index contributed by atoms with van der Waals surface area (Å²) in [6, 6.07) is 3.88. The van der Waals surface area contributed by atoms with Gasteiger partial charge in [0, 0.05) is 18.0 Å². The van der Waals surface area contributed by atoms with Gasteiger partial charge in [0.1, 0.15) is 6.10 Å². The van der Waals surface area contributed by atoms with E-state index in [1.54, 1.807) is 11.3 Å². The molecule has 1 aromatic heterocycles. The van der Waals surface area contributed by atoms with Crippen molar-refractivity contribution in [1.82, 2.24) is 5.32 Å². The lowest BCUT2D eigenvalue weighted by molar-refractivity contribution is -0.0134. The van der Waals surface area contributed by atoms with E-state index in [4.69, 9.17) is 0 Å². The van der Waals surface area contributed by atoms with Crippen LogP contribution in [0.15, 0.2) is 17.5 Å². The van der Waals surface area contributed by atoms with E-state index in [-0.39, 0.29) is 0 Å². The molecule has 18 heavy (non-hydrogen) atoms. The summed E-state index contributed by atoms with van der Waals surface area (Å²) in [6.07, 6.45) is 3.61. The van der Waals surface area contributed by atoms with E-state index in [0.717, 1.165) is 24.1 Å². The Kier molecular flexibility index (Phi) is 4.78. The lowest BCUT2D eigenvalue weighted by atomic mass is 9.79. The Bertz CT molecular complexity index is 355. The lowest BCUT2D eigenvalue weighted by Gasteiger charge is -2.36. The van der Waals surface area contributed by atoms with Crippen LogP contribution in [0, 0.1) is 5.92 Å². The molecule has 1 aliphatic rings. The molecule has 0 spiro atoms. The molecule has 3 nitrogen and oxygen atoms in total. The van der Waals surface area contributed by atoms with E-state index in [9.17, 15) is 10.2 Å². The van der Waals surface area contributed by atoms with Gasteiger partial charge < -0.3 is 15.5 Å². The number of thiophene rings is 1. The Morgan fingerprint density at radius 1 is 1.61 bits per heavy atom. The average Bonchev–Trinajstić information content (AvgIpc) is 2.81. The largest absolute Gasteiger partial charge is 0.389 e. The van der Waals surface area contributed by atoms with Crippen LogP contribution in [0.4, 0.5) is 0 Å². The summed E-state index contributed by atoms with van der Waals surface area (Å²) in [5.41, 5.74) is -0.577. The SMILES string of the molecule is CC1CCCC(O)(CNCC(O)c2cccs2)C1. The zero-order chi connectivity index (χ0) is 13.0. The number of aliphatic hydroxyl groups is 2. The Hall–Kier alpha value is -0.420. The van der Waals surface area contributed by atoms with Crippen LogP contribution < -0.4 is 5.32 Å². The normalized spacial score (nSPS) is 30.3. The highest BCUT2D eigenvalue weighted by atomic mass is 32.1. The van der Waals surface area contributed by atoms with Crippen LogP contribution in [-0.4, -0.2) is 28.9 Å². The van der Waals surface area contributed by atoms with Crippen LogP contribution >= 0.6 is 11.3 Å². The molecule has 1 aliphatic carbocycles. The molecule has 2 rings (SSSR count). The highest BCUT2D eigenvalue weighted by molar-refractivity contribution is 7.10. The molecule has 0 amide bonds. The van der Waals surface area contributed by atoms with Crippen molar-refractivity contribution in [3.05, 3.63) is 22.4 Å². The van der Waals surface area contributed by atoms with Gasteiger partial charge in [-0.05, 0) is 30.2 Å². The van der Waals surface area contributed by atoms with Gasteiger partial charge in [-0.2, -0.15) is 0 Å². The summed E-state index contributed by atoms with van der Waals surface area (Å²) in [4.78, 5) is 0.978. The van der Waals surface area contributed by atoms with Gasteiger partial charge in [0.2, 0.25) is 0 Å². The summed E-state index contributed by atoms with van der Waals surface area (Å²) in [7, 11) is 0. The Morgan fingerprint density at radius 2 is 2.44 bits per heavy atom. The number of aliphatic hydroxyl groups excluding tert-OH is 1. The summed E-state index contributed by atoms with van der Waals surface area (Å²) >= 11 is 1.56. The summed E-state index contributed by atoms with van der Waals surface area (Å²) in [5, 5.41) is 25.6. The van der Waals surface area contributed by atoms with Crippen molar-refractivity contribution < 1.29 is 10.2 Å². The Balaban J connectivity index is 1.74. The summed E-state index contributed by atoms with van der Waals surface area (Å²) in [5.74, 6) is 0.604. The first-order chi connectivity index (χ1) is 8.59. The third-order valence-corrected chi connectivity index (χ3v) is 4.70. The highest BCUT2D eigenvalue weighted by Crippen LogP contribution is 2.31. The maximum Gasteiger partial charge on any atom is 0.101 e. The second kappa shape index (κ2) is 6.15. The molecule has 1 aromatic rings. The fraction of sp³-hybridized carbons (Fsp3) is 0.714. The summed E-state index contributed by atoms with van der Waals surface area (Å²) < 4.78 is 0. The molecule has 0 aromatic carbocycles. The minimum atomic E-state index is -0.577. The van der Waals surface area contributed by atoms with E-state index in [2.05, 4.69) is 12.2 Å². The van der Waals surface area contributed by atoms with Crippen LogP contribution in [0.5, 0.6) is 0 Å². The maximum atomic E-state index is 10.4. The van der Waals surface area contributed by atoms with E-state index >= 15 is 0 Å². The van der Waals surface area contributed by atoms with Crippen molar-refractivity contribution in [2.75, 3.05) is 13.1 Å². The summed E-state index contributed by atoms with van der Waals surface area (Å²) in [6.45, 7) is 3.29. The molecule has 1 saturated carbocycles. The highest BCUT2D eigenvalue weighted by Gasteiger charge is 2.32. The molecule has 0 saturated heterocycles. The van der Waals surface area contributed by atoms with Crippen molar-refractivity contribution in [1.29, 1.82) is 0 Å². The molecular weight excluding hydrogens is 246 g/mol. The first kappa shape index (κ1) is 14.0. The standard InChI is InChI=1S/C14H23NO2S/c1-11-4-2-6-14(17,8-11)10-15-9-12(16)13-5-3-7-18-13/h3,5,7,11-12,15-17H,2,4,6,8-10H2,1H3. The van der Waals surface area contributed by atoms with Crippen LogP contribution in [0.2, 0.25) is 0 Å². The third-order valence-electron chi connectivity index (χ3n) is 3.73. The van der Waals surface area contributed by atoms with Crippen LogP contribution in [0.3, 0.4) is 0 Å². The van der Waals surface area contributed by atoms with Gasteiger partial charge in [-0.3, -0.25) is 0 Å².